The molecule has 1 aliphatic heterocycles. The van der Waals surface area contributed by atoms with E-state index in [9.17, 15) is 25.2 Å². The van der Waals surface area contributed by atoms with Gasteiger partial charge >= 0.3 is 5.97 Å². The van der Waals surface area contributed by atoms with E-state index >= 15 is 0 Å². The maximum absolute atomic E-state index is 12.4. The van der Waals surface area contributed by atoms with Gasteiger partial charge in [-0.15, -0.1) is 0 Å². The Bertz CT molecular complexity index is 2220. The van der Waals surface area contributed by atoms with Crippen molar-refractivity contribution in [1.29, 1.82) is 0 Å². The number of carboxylic acid groups (broad SMARTS) is 1. The van der Waals surface area contributed by atoms with Crippen molar-refractivity contribution in [3.8, 4) is 23.3 Å². The number of aryl methyl sites for hydroxylation is 1. The van der Waals surface area contributed by atoms with Crippen molar-refractivity contribution in [2.24, 2.45) is 0 Å². The number of hydrogen-bond acceptors (Lipinski definition) is 9. The van der Waals surface area contributed by atoms with Crippen molar-refractivity contribution in [1.82, 2.24) is 0 Å². The van der Waals surface area contributed by atoms with E-state index in [4.69, 9.17) is 23.7 Å². The van der Waals surface area contributed by atoms with Crippen molar-refractivity contribution in [2.45, 2.75) is 128 Å². The predicted molar refractivity (Wildman–Crippen MR) is 246 cm³/mol. The topological polar surface area (TPSA) is 144 Å². The molecule has 64 heavy (non-hydrogen) atoms. The Labute approximate surface area is 377 Å². The maximum atomic E-state index is 12.4. The molecule has 4 N–H and O–H groups in total. The number of aliphatic hydroxyl groups is 2. The molecule has 1 saturated heterocycles. The Kier molecular flexibility index (Phi) is 18.8. The highest BCUT2D eigenvalue weighted by molar-refractivity contribution is 5.93. The largest absolute Gasteiger partial charge is 0.507 e. The maximum Gasteiger partial charge on any atom is 0.339 e. The Balaban J connectivity index is 1.20. The fourth-order valence-electron chi connectivity index (χ4n) is 7.93. The van der Waals surface area contributed by atoms with E-state index in [-0.39, 0.29) is 30.4 Å². The third-order valence-corrected chi connectivity index (χ3v) is 11.5. The van der Waals surface area contributed by atoms with Crippen molar-refractivity contribution in [3.05, 3.63) is 166 Å². The summed E-state index contributed by atoms with van der Waals surface area (Å²) in [6.07, 6.45) is 2.15. The van der Waals surface area contributed by atoms with Crippen molar-refractivity contribution >= 4 is 5.97 Å². The van der Waals surface area contributed by atoms with Crippen LogP contribution in [0, 0.1) is 11.8 Å². The van der Waals surface area contributed by atoms with Crippen LogP contribution < -0.4 is 4.74 Å². The number of rotatable bonds is 24. The lowest BCUT2D eigenvalue weighted by atomic mass is 9.88. The normalized spacial score (nSPS) is 18.4. The van der Waals surface area contributed by atoms with Crippen LogP contribution in [-0.4, -0.2) is 69.8 Å². The molecule has 10 nitrogen and oxygen atoms in total. The number of aliphatic hydroxyl groups excluding tert-OH is 2. The van der Waals surface area contributed by atoms with Crippen LogP contribution in [0.5, 0.6) is 11.5 Å². The second-order valence-corrected chi connectivity index (χ2v) is 16.5. The summed E-state index contributed by atoms with van der Waals surface area (Å²) in [6.45, 7) is 4.43. The van der Waals surface area contributed by atoms with E-state index in [1.54, 1.807) is 18.2 Å². The molecule has 0 saturated carbocycles. The summed E-state index contributed by atoms with van der Waals surface area (Å²) in [5, 5.41) is 41.9. The molecule has 0 bridgehead atoms. The quantitative estimate of drug-likeness (QED) is 0.0350. The number of ether oxygens (including phenoxy) is 5. The molecule has 0 spiro atoms. The van der Waals surface area contributed by atoms with Gasteiger partial charge in [-0.3, -0.25) is 0 Å². The zero-order valence-corrected chi connectivity index (χ0v) is 36.9. The SMILES string of the molecule is CCCCCCCc1cc(O)c(C(=O)O)c(C(C)CCC(C#Cc2cccc(OC3O[C@@H]([C@H](O)CO)[C@H](OCc4ccccc4)[C@H]3OCc3ccccc3)c2)OCc2ccccc2)c1. The average Bonchev–Trinajstić information content (AvgIpc) is 3.66. The summed E-state index contributed by atoms with van der Waals surface area (Å²) in [7, 11) is 0. The van der Waals surface area contributed by atoms with Gasteiger partial charge in [-0.2, -0.15) is 0 Å². The van der Waals surface area contributed by atoms with E-state index in [2.05, 4.69) is 18.8 Å². The minimum atomic E-state index is -1.25. The number of aromatic hydroxyl groups is 1. The summed E-state index contributed by atoms with van der Waals surface area (Å²) >= 11 is 0. The molecular weight excluding hydrogens is 809 g/mol. The van der Waals surface area contributed by atoms with Gasteiger partial charge in [0.2, 0.25) is 6.29 Å². The molecule has 1 heterocycles. The highest BCUT2D eigenvalue weighted by Crippen LogP contribution is 2.34. The second kappa shape index (κ2) is 25.1. The van der Waals surface area contributed by atoms with Gasteiger partial charge in [0.1, 0.15) is 47.6 Å². The van der Waals surface area contributed by atoms with Gasteiger partial charge in [0.05, 0.1) is 26.4 Å². The molecule has 10 heteroatoms. The Morgan fingerprint density at radius 2 is 1.36 bits per heavy atom. The molecule has 338 valence electrons. The zero-order valence-electron chi connectivity index (χ0n) is 36.9. The van der Waals surface area contributed by atoms with Crippen LogP contribution >= 0.6 is 0 Å². The van der Waals surface area contributed by atoms with Crippen LogP contribution in [-0.2, 0) is 45.2 Å². The molecule has 0 aromatic heterocycles. The van der Waals surface area contributed by atoms with Crippen molar-refractivity contribution in [2.75, 3.05) is 6.61 Å². The standard InChI is InChI=1S/C54H62O10/c1-3-4-5-6-10-24-43-32-46(49(53(58)59)47(56)33-43)38(2)27-29-44(60-35-40-18-11-7-12-19-40)30-28-39-25-17-26-45(31-39)63-54-52(62-37-42-22-15-9-16-23-42)51(50(64-54)48(57)34-55)61-36-41-20-13-8-14-21-41/h7-9,11-23,25-26,31-33,38,44,48,50-52,54-57H,3-6,10,24,27,29,34-37H2,1-2H3,(H,58,59)/t38?,44?,48-,50+,51+,52-,54?/m1/s1. The predicted octanol–water partition coefficient (Wildman–Crippen LogP) is 9.75. The fourth-order valence-corrected chi connectivity index (χ4v) is 7.93. The Morgan fingerprint density at radius 1 is 0.734 bits per heavy atom. The molecule has 1 aliphatic rings. The molecular formula is C54H62O10. The lowest BCUT2D eigenvalue weighted by molar-refractivity contribution is -0.147. The van der Waals surface area contributed by atoms with Crippen molar-refractivity contribution < 1.29 is 48.9 Å². The second-order valence-electron chi connectivity index (χ2n) is 16.5. The molecule has 0 aliphatic carbocycles. The molecule has 5 aromatic rings. The molecule has 3 unspecified atom stereocenters. The first-order chi connectivity index (χ1) is 31.2. The molecule has 0 radical (unpaired) electrons. The third kappa shape index (κ3) is 14.2. The summed E-state index contributed by atoms with van der Waals surface area (Å²) in [6, 6.07) is 40.1. The van der Waals surface area contributed by atoms with Crippen LogP contribution in [0.1, 0.15) is 108 Å². The summed E-state index contributed by atoms with van der Waals surface area (Å²) in [4.78, 5) is 12.4. The van der Waals surface area contributed by atoms with Crippen LogP contribution in [0.15, 0.2) is 127 Å². The number of benzene rings is 5. The smallest absolute Gasteiger partial charge is 0.339 e. The van der Waals surface area contributed by atoms with Gasteiger partial charge in [-0.25, -0.2) is 4.79 Å². The molecule has 6 rings (SSSR count). The lowest BCUT2D eigenvalue weighted by Crippen LogP contribution is -2.43. The zero-order chi connectivity index (χ0) is 45.1. The Morgan fingerprint density at radius 3 is 1.98 bits per heavy atom. The first kappa shape index (κ1) is 48.0. The van der Waals surface area contributed by atoms with E-state index in [1.807, 2.05) is 116 Å². The van der Waals surface area contributed by atoms with Gasteiger partial charge in [0.15, 0.2) is 0 Å². The number of aromatic carboxylic acids is 1. The number of phenols is 1. The highest BCUT2D eigenvalue weighted by atomic mass is 16.7. The number of hydrogen-bond donors (Lipinski definition) is 4. The first-order valence-corrected chi connectivity index (χ1v) is 22.5. The third-order valence-electron chi connectivity index (χ3n) is 11.5. The van der Waals surface area contributed by atoms with E-state index < -0.39 is 49.4 Å². The van der Waals surface area contributed by atoms with E-state index in [0.29, 0.717) is 36.3 Å². The van der Waals surface area contributed by atoms with Crippen LogP contribution in [0.4, 0.5) is 0 Å². The number of carboxylic acids is 1. The molecule has 7 atom stereocenters. The molecule has 5 aromatic carbocycles. The van der Waals surface area contributed by atoms with Crippen LogP contribution in [0.2, 0.25) is 0 Å². The van der Waals surface area contributed by atoms with Gasteiger partial charge in [0.25, 0.3) is 0 Å². The average molecular weight is 871 g/mol. The summed E-state index contributed by atoms with van der Waals surface area (Å²) in [5.41, 5.74) is 5.01. The van der Waals surface area contributed by atoms with Gasteiger partial charge in [-0.05, 0) is 83.7 Å². The van der Waals surface area contributed by atoms with Crippen molar-refractivity contribution in [3.63, 3.8) is 0 Å². The number of unbranched alkanes of at least 4 members (excludes halogenated alkanes) is 4. The van der Waals surface area contributed by atoms with Crippen LogP contribution in [0.25, 0.3) is 0 Å². The van der Waals surface area contributed by atoms with Gasteiger partial charge < -0.3 is 44.1 Å². The highest BCUT2D eigenvalue weighted by Gasteiger charge is 2.50. The first-order valence-electron chi connectivity index (χ1n) is 22.5. The minimum absolute atomic E-state index is 0.0582. The molecule has 0 amide bonds. The van der Waals surface area contributed by atoms with Crippen LogP contribution in [0.3, 0.4) is 0 Å². The fraction of sp³-hybridized carbons (Fsp3) is 0.389. The van der Waals surface area contributed by atoms with Gasteiger partial charge in [0, 0.05) is 5.56 Å². The van der Waals surface area contributed by atoms with E-state index in [1.165, 1.54) is 6.42 Å². The lowest BCUT2D eigenvalue weighted by Gasteiger charge is -2.26. The Hall–Kier alpha value is -5.51. The molecule has 1 fully saturated rings. The van der Waals surface area contributed by atoms with Gasteiger partial charge in [-0.1, -0.05) is 154 Å². The summed E-state index contributed by atoms with van der Waals surface area (Å²) in [5.74, 6) is 5.50. The number of carbonyl (C=O) groups is 1. The minimum Gasteiger partial charge on any atom is -0.507 e. The summed E-state index contributed by atoms with van der Waals surface area (Å²) < 4.78 is 32.0. The van der Waals surface area contributed by atoms with E-state index in [0.717, 1.165) is 54.4 Å². The monoisotopic (exact) mass is 870 g/mol.